The number of carbonyl (C=O) groups excluding carboxylic acids is 3. The van der Waals surface area contributed by atoms with Gasteiger partial charge in [-0.3, -0.25) is 24.2 Å². The second kappa shape index (κ2) is 14.0. The molecule has 2 aliphatic rings. The zero-order chi connectivity index (χ0) is 33.1. The topological polar surface area (TPSA) is 85.4 Å². The highest BCUT2D eigenvalue weighted by atomic mass is 16.6. The van der Waals surface area contributed by atoms with E-state index in [0.29, 0.717) is 19.3 Å². The first kappa shape index (κ1) is 37.3. The molecule has 8 heteroatoms. The first-order valence-electron chi connectivity index (χ1n) is 16.3. The Morgan fingerprint density at radius 1 is 0.721 bits per heavy atom. The zero-order valence-electron chi connectivity index (χ0n) is 29.8. The molecular formula is C35H62N2O6. The molecule has 0 bridgehead atoms. The molecule has 0 aromatic carbocycles. The van der Waals surface area contributed by atoms with E-state index in [2.05, 4.69) is 79.3 Å². The van der Waals surface area contributed by atoms with E-state index in [1.807, 2.05) is 19.9 Å². The maximum atomic E-state index is 14.1. The number of allylic oxidation sites excluding steroid dienone is 2. The highest BCUT2D eigenvalue weighted by Crippen LogP contribution is 2.41. The highest BCUT2D eigenvalue weighted by Gasteiger charge is 2.47. The van der Waals surface area contributed by atoms with Gasteiger partial charge in [0.15, 0.2) is 0 Å². The van der Waals surface area contributed by atoms with E-state index in [1.54, 1.807) is 13.8 Å². The Hall–Kier alpha value is -1.93. The molecule has 0 N–H and O–H groups in total. The van der Waals surface area contributed by atoms with Crippen LogP contribution in [0.1, 0.15) is 128 Å². The van der Waals surface area contributed by atoms with Gasteiger partial charge in [0.25, 0.3) is 0 Å². The van der Waals surface area contributed by atoms with Crippen molar-refractivity contribution in [2.75, 3.05) is 14.1 Å². The van der Waals surface area contributed by atoms with Crippen molar-refractivity contribution in [3.63, 3.8) is 0 Å². The second-order valence-corrected chi connectivity index (χ2v) is 15.7. The molecule has 8 nitrogen and oxygen atoms in total. The van der Waals surface area contributed by atoms with Crippen molar-refractivity contribution in [3.05, 3.63) is 11.6 Å². The monoisotopic (exact) mass is 606 g/mol. The molecule has 2 unspecified atom stereocenters. The number of likely N-dealkylation sites (tertiary alicyclic amines) is 2. The average Bonchev–Trinajstić information content (AvgIpc) is 2.83. The predicted octanol–water partition coefficient (Wildman–Crippen LogP) is 6.70. The number of piperidine rings is 2. The van der Waals surface area contributed by atoms with E-state index in [0.717, 1.165) is 18.4 Å². The van der Waals surface area contributed by atoms with Crippen LogP contribution in [0.2, 0.25) is 0 Å². The summed E-state index contributed by atoms with van der Waals surface area (Å²) in [6.45, 7) is 24.8. The SMILES string of the molecule is CC=C(CC)C(CC(=O)OC1CC(C)(C)N(C)C(C)(C)C1)C(CC(=O)OC(C)C)C(=O)OC1CC(C)(C)N(C)C(C)(C)C1. The fourth-order valence-electron chi connectivity index (χ4n) is 7.48. The van der Waals surface area contributed by atoms with Crippen molar-refractivity contribution < 1.29 is 28.6 Å². The summed E-state index contributed by atoms with van der Waals surface area (Å²) in [5, 5.41) is 0. The standard InChI is InChI=1S/C35H62N2O6/c1-15-24(16-2)27(17-30(39)42-25-19-32(5,6)36(13)33(7,8)20-25)28(18-29(38)41-23(3)4)31(40)43-26-21-34(9,10)37(14)35(11,12)22-26/h15,23,25-28H,16-22H2,1-14H3. The molecule has 2 aliphatic heterocycles. The van der Waals surface area contributed by atoms with Gasteiger partial charge in [-0.25, -0.2) is 0 Å². The number of hydrogen-bond donors (Lipinski definition) is 0. The summed E-state index contributed by atoms with van der Waals surface area (Å²) in [5.41, 5.74) is 0.328. The van der Waals surface area contributed by atoms with Gasteiger partial charge in [0, 0.05) is 53.8 Å². The molecule has 0 aromatic heterocycles. The van der Waals surface area contributed by atoms with Gasteiger partial charge in [0.05, 0.1) is 24.9 Å². The summed E-state index contributed by atoms with van der Waals surface area (Å²) in [6.07, 6.45) is 4.40. The number of hydrogen-bond acceptors (Lipinski definition) is 8. The molecule has 2 fully saturated rings. The third-order valence-corrected chi connectivity index (χ3v) is 10.3. The molecule has 2 heterocycles. The molecule has 2 atom stereocenters. The number of esters is 3. The van der Waals surface area contributed by atoms with Crippen LogP contribution in [-0.2, 0) is 28.6 Å². The summed E-state index contributed by atoms with van der Waals surface area (Å²) < 4.78 is 17.9. The first-order valence-corrected chi connectivity index (χ1v) is 16.3. The molecule has 0 aromatic rings. The number of nitrogens with zero attached hydrogens (tertiary/aromatic N) is 2. The van der Waals surface area contributed by atoms with E-state index in [1.165, 1.54) is 0 Å². The molecular weight excluding hydrogens is 544 g/mol. The van der Waals surface area contributed by atoms with E-state index < -0.39 is 23.8 Å². The van der Waals surface area contributed by atoms with Crippen LogP contribution < -0.4 is 0 Å². The molecule has 248 valence electrons. The summed E-state index contributed by atoms with van der Waals surface area (Å²) in [4.78, 5) is 45.4. The minimum absolute atomic E-state index is 0.000173. The van der Waals surface area contributed by atoms with Crippen molar-refractivity contribution in [2.45, 2.75) is 168 Å². The summed E-state index contributed by atoms with van der Waals surface area (Å²) in [6, 6.07) is 0. The lowest BCUT2D eigenvalue weighted by molar-refractivity contribution is -0.170. The Balaban J connectivity index is 2.37. The van der Waals surface area contributed by atoms with Gasteiger partial charge < -0.3 is 14.2 Å². The Morgan fingerprint density at radius 3 is 1.49 bits per heavy atom. The van der Waals surface area contributed by atoms with E-state index in [4.69, 9.17) is 14.2 Å². The molecule has 0 aliphatic carbocycles. The second-order valence-electron chi connectivity index (χ2n) is 15.7. The maximum absolute atomic E-state index is 14.1. The minimum atomic E-state index is -0.860. The molecule has 43 heavy (non-hydrogen) atoms. The molecule has 0 radical (unpaired) electrons. The van der Waals surface area contributed by atoms with Gasteiger partial charge in [0.1, 0.15) is 12.2 Å². The lowest BCUT2D eigenvalue weighted by Gasteiger charge is -2.53. The molecule has 2 saturated heterocycles. The van der Waals surface area contributed by atoms with Crippen molar-refractivity contribution in [3.8, 4) is 0 Å². The molecule has 0 spiro atoms. The Labute approximate surface area is 262 Å². The lowest BCUT2D eigenvalue weighted by atomic mass is 9.77. The van der Waals surface area contributed by atoms with Crippen molar-refractivity contribution in [1.29, 1.82) is 0 Å². The van der Waals surface area contributed by atoms with E-state index in [9.17, 15) is 14.4 Å². The van der Waals surface area contributed by atoms with Crippen LogP contribution in [0.25, 0.3) is 0 Å². The Kier molecular flexibility index (Phi) is 12.1. The molecule has 0 amide bonds. The van der Waals surface area contributed by atoms with Crippen LogP contribution in [0.5, 0.6) is 0 Å². The molecule has 2 rings (SSSR count). The van der Waals surface area contributed by atoms with E-state index >= 15 is 0 Å². The van der Waals surface area contributed by atoms with Crippen LogP contribution in [0, 0.1) is 11.8 Å². The van der Waals surface area contributed by atoms with Crippen LogP contribution in [-0.4, -0.2) is 82.3 Å². The normalized spacial score (nSPS) is 24.3. The van der Waals surface area contributed by atoms with Gasteiger partial charge >= 0.3 is 17.9 Å². The van der Waals surface area contributed by atoms with Gasteiger partial charge in [-0.2, -0.15) is 0 Å². The quantitative estimate of drug-likeness (QED) is 0.146. The van der Waals surface area contributed by atoms with Crippen LogP contribution in [0.3, 0.4) is 0 Å². The zero-order valence-corrected chi connectivity index (χ0v) is 29.8. The smallest absolute Gasteiger partial charge is 0.310 e. The fraction of sp³-hybridized carbons (Fsp3) is 0.857. The minimum Gasteiger partial charge on any atom is -0.463 e. The van der Waals surface area contributed by atoms with Gasteiger partial charge in [-0.05, 0) is 96.7 Å². The maximum Gasteiger partial charge on any atom is 0.310 e. The first-order chi connectivity index (χ1) is 19.6. The van der Waals surface area contributed by atoms with Crippen molar-refractivity contribution in [1.82, 2.24) is 9.80 Å². The average molecular weight is 607 g/mol. The van der Waals surface area contributed by atoms with Crippen LogP contribution in [0.15, 0.2) is 11.6 Å². The number of ether oxygens (including phenoxy) is 3. The predicted molar refractivity (Wildman–Crippen MR) is 172 cm³/mol. The van der Waals surface area contributed by atoms with Gasteiger partial charge in [-0.1, -0.05) is 18.6 Å². The van der Waals surface area contributed by atoms with Gasteiger partial charge in [0.2, 0.25) is 0 Å². The molecule has 0 saturated carbocycles. The van der Waals surface area contributed by atoms with E-state index in [-0.39, 0.29) is 59.3 Å². The lowest BCUT2D eigenvalue weighted by Crippen LogP contribution is -2.60. The summed E-state index contributed by atoms with van der Waals surface area (Å²) in [5.74, 6) is -2.66. The number of rotatable bonds is 11. The Bertz CT molecular complexity index is 991. The largest absolute Gasteiger partial charge is 0.463 e. The number of carbonyl (C=O) groups is 3. The third-order valence-electron chi connectivity index (χ3n) is 10.3. The van der Waals surface area contributed by atoms with Crippen molar-refractivity contribution >= 4 is 17.9 Å². The third kappa shape index (κ3) is 9.53. The van der Waals surface area contributed by atoms with Crippen LogP contribution >= 0.6 is 0 Å². The van der Waals surface area contributed by atoms with Crippen molar-refractivity contribution in [2.24, 2.45) is 11.8 Å². The van der Waals surface area contributed by atoms with Gasteiger partial charge in [-0.15, -0.1) is 0 Å². The Morgan fingerprint density at radius 2 is 1.12 bits per heavy atom. The summed E-state index contributed by atoms with van der Waals surface area (Å²) >= 11 is 0. The fourth-order valence-corrected chi connectivity index (χ4v) is 7.48. The highest BCUT2D eigenvalue weighted by molar-refractivity contribution is 5.82. The summed E-state index contributed by atoms with van der Waals surface area (Å²) in [7, 11) is 4.23. The van der Waals surface area contributed by atoms with Crippen LogP contribution in [0.4, 0.5) is 0 Å².